The van der Waals surface area contributed by atoms with Crippen LogP contribution in [0.4, 0.5) is 0 Å². The number of hydrogen-bond donors (Lipinski definition) is 0. The normalized spacial score (nSPS) is 12.9. The molecule has 9 aromatic rings. The van der Waals surface area contributed by atoms with Gasteiger partial charge in [-0.25, -0.2) is 9.98 Å². The standard InChI is InChI=1S/C52H41N3/c1-4-35(2)51(54-52(41-21-9-6-10-22-41)53-36(3)37-17-7-5-8-18-37)46-33-29-38-19-11-13-23-43(38)49(46)40-27-31-42(32-28-40)55-47-26-16-15-25-45(47)50-44-24-14-12-20-39(44)30-34-48(50)55/h5-34H,4H2,1-3H3/b51-35+,53-36+,54-52-. The zero-order valence-electron chi connectivity index (χ0n) is 31.4. The van der Waals surface area contributed by atoms with Gasteiger partial charge in [-0.05, 0) is 88.3 Å². The van der Waals surface area contributed by atoms with Crippen LogP contribution in [0.3, 0.4) is 0 Å². The lowest BCUT2D eigenvalue weighted by Crippen LogP contribution is -2.05. The molecule has 1 aromatic heterocycles. The van der Waals surface area contributed by atoms with E-state index in [2.05, 4.69) is 195 Å². The number of fused-ring (bicyclic) bond motifs is 6. The second kappa shape index (κ2) is 14.5. The van der Waals surface area contributed by atoms with Crippen LogP contribution in [0.15, 0.2) is 198 Å². The van der Waals surface area contributed by atoms with Gasteiger partial charge in [0.05, 0.1) is 16.7 Å². The molecule has 0 atom stereocenters. The third-order valence-electron chi connectivity index (χ3n) is 10.8. The minimum atomic E-state index is 0.693. The number of amidine groups is 1. The van der Waals surface area contributed by atoms with Gasteiger partial charge in [0.1, 0.15) is 0 Å². The highest BCUT2D eigenvalue weighted by Gasteiger charge is 2.19. The number of para-hydroxylation sites is 1. The SMILES string of the molecule is CC/C(C)=C(/N=C(\N=C(/C)c1ccccc1)c1ccccc1)c1ccc2ccccc2c1-c1ccc(-n2c3ccccc3c3c4ccccc4ccc32)cc1. The summed E-state index contributed by atoms with van der Waals surface area (Å²) < 4.78 is 2.40. The highest BCUT2D eigenvalue weighted by atomic mass is 15.0. The van der Waals surface area contributed by atoms with Crippen molar-refractivity contribution in [3.05, 3.63) is 204 Å². The summed E-state index contributed by atoms with van der Waals surface area (Å²) in [6.07, 6.45) is 0.857. The maximum absolute atomic E-state index is 5.50. The Bertz CT molecular complexity index is 2950. The molecule has 9 rings (SSSR count). The third kappa shape index (κ3) is 6.24. The molecule has 8 aromatic carbocycles. The maximum atomic E-state index is 5.50. The molecular weight excluding hydrogens is 667 g/mol. The van der Waals surface area contributed by atoms with Gasteiger partial charge < -0.3 is 4.57 Å². The van der Waals surface area contributed by atoms with Crippen molar-refractivity contribution >= 4 is 60.6 Å². The van der Waals surface area contributed by atoms with Crippen LogP contribution in [0, 0.1) is 0 Å². The van der Waals surface area contributed by atoms with Crippen LogP contribution in [-0.2, 0) is 0 Å². The quantitative estimate of drug-likeness (QED) is 0.117. The van der Waals surface area contributed by atoms with E-state index in [1.807, 2.05) is 12.1 Å². The third-order valence-corrected chi connectivity index (χ3v) is 10.8. The van der Waals surface area contributed by atoms with E-state index < -0.39 is 0 Å². The van der Waals surface area contributed by atoms with Crippen LogP contribution in [0.2, 0.25) is 0 Å². The van der Waals surface area contributed by atoms with Gasteiger partial charge in [0, 0.05) is 33.3 Å². The molecular formula is C52H41N3. The first-order valence-corrected chi connectivity index (χ1v) is 19.1. The van der Waals surface area contributed by atoms with E-state index >= 15 is 0 Å². The van der Waals surface area contributed by atoms with Crippen molar-refractivity contribution in [1.82, 2.24) is 4.57 Å². The molecule has 0 N–H and O–H groups in total. The molecule has 264 valence electrons. The molecule has 0 amide bonds. The fourth-order valence-corrected chi connectivity index (χ4v) is 7.88. The molecule has 0 aliphatic carbocycles. The van der Waals surface area contributed by atoms with E-state index in [1.165, 1.54) is 54.5 Å². The molecule has 0 saturated heterocycles. The Labute approximate surface area is 322 Å². The summed E-state index contributed by atoms with van der Waals surface area (Å²) in [6.45, 7) is 6.46. The minimum Gasteiger partial charge on any atom is -0.309 e. The minimum absolute atomic E-state index is 0.693. The van der Waals surface area contributed by atoms with Crippen LogP contribution in [-0.4, -0.2) is 16.1 Å². The number of nitrogens with zero attached hydrogens (tertiary/aromatic N) is 3. The van der Waals surface area contributed by atoms with E-state index in [-0.39, 0.29) is 0 Å². The molecule has 0 aliphatic heterocycles. The average molecular weight is 708 g/mol. The molecule has 0 spiro atoms. The van der Waals surface area contributed by atoms with Crippen molar-refractivity contribution in [2.45, 2.75) is 27.2 Å². The van der Waals surface area contributed by atoms with Crippen molar-refractivity contribution in [2.75, 3.05) is 0 Å². The van der Waals surface area contributed by atoms with Gasteiger partial charge in [0.2, 0.25) is 0 Å². The molecule has 1 heterocycles. The van der Waals surface area contributed by atoms with Gasteiger partial charge in [0.25, 0.3) is 0 Å². The zero-order valence-corrected chi connectivity index (χ0v) is 31.4. The Hall–Kier alpha value is -6.84. The van der Waals surface area contributed by atoms with Crippen LogP contribution in [0.1, 0.15) is 43.9 Å². The highest BCUT2D eigenvalue weighted by molar-refractivity contribution is 6.21. The van der Waals surface area contributed by atoms with Crippen LogP contribution in [0.5, 0.6) is 0 Å². The molecule has 3 heteroatoms. The lowest BCUT2D eigenvalue weighted by atomic mass is 9.90. The second-order valence-corrected chi connectivity index (χ2v) is 14.1. The molecule has 55 heavy (non-hydrogen) atoms. The maximum Gasteiger partial charge on any atom is 0.160 e. The summed E-state index contributed by atoms with van der Waals surface area (Å²) >= 11 is 0. The number of aromatic nitrogens is 1. The summed E-state index contributed by atoms with van der Waals surface area (Å²) in [6, 6.07) is 64.9. The lowest BCUT2D eigenvalue weighted by Gasteiger charge is -2.18. The Kier molecular flexibility index (Phi) is 8.97. The van der Waals surface area contributed by atoms with E-state index in [0.29, 0.717) is 5.84 Å². The van der Waals surface area contributed by atoms with Gasteiger partial charge in [-0.3, -0.25) is 0 Å². The molecule has 0 radical (unpaired) electrons. The van der Waals surface area contributed by atoms with Gasteiger partial charge in [-0.2, -0.15) is 0 Å². The highest BCUT2D eigenvalue weighted by Crippen LogP contribution is 2.40. The molecule has 3 nitrogen and oxygen atoms in total. The lowest BCUT2D eigenvalue weighted by molar-refractivity contribution is 1.09. The van der Waals surface area contributed by atoms with Crippen molar-refractivity contribution < 1.29 is 0 Å². The predicted octanol–water partition coefficient (Wildman–Crippen LogP) is 13.9. The summed E-state index contributed by atoms with van der Waals surface area (Å²) in [5.41, 5.74) is 12.1. The molecule has 0 unspecified atom stereocenters. The molecule has 0 saturated carbocycles. The Morgan fingerprint density at radius 3 is 1.78 bits per heavy atom. The van der Waals surface area contributed by atoms with Gasteiger partial charge in [-0.15, -0.1) is 0 Å². The van der Waals surface area contributed by atoms with Crippen molar-refractivity contribution in [3.8, 4) is 16.8 Å². The summed E-state index contributed by atoms with van der Waals surface area (Å²) in [5, 5.41) is 7.46. The van der Waals surface area contributed by atoms with Crippen LogP contribution < -0.4 is 0 Å². The average Bonchev–Trinajstić information content (AvgIpc) is 3.60. The second-order valence-electron chi connectivity index (χ2n) is 14.1. The van der Waals surface area contributed by atoms with Gasteiger partial charge in [0.15, 0.2) is 5.84 Å². The number of rotatable bonds is 7. The van der Waals surface area contributed by atoms with E-state index in [0.717, 1.165) is 45.8 Å². The first-order chi connectivity index (χ1) is 27.1. The van der Waals surface area contributed by atoms with Gasteiger partial charge >= 0.3 is 0 Å². The van der Waals surface area contributed by atoms with E-state index in [4.69, 9.17) is 9.98 Å². The monoisotopic (exact) mass is 707 g/mol. The van der Waals surface area contributed by atoms with E-state index in [9.17, 15) is 0 Å². The summed E-state index contributed by atoms with van der Waals surface area (Å²) in [4.78, 5) is 10.7. The van der Waals surface area contributed by atoms with Crippen molar-refractivity contribution in [2.24, 2.45) is 9.98 Å². The fourth-order valence-electron chi connectivity index (χ4n) is 7.88. The van der Waals surface area contributed by atoms with Crippen LogP contribution >= 0.6 is 0 Å². The molecule has 0 aliphatic rings. The smallest absolute Gasteiger partial charge is 0.160 e. The topological polar surface area (TPSA) is 29.6 Å². The van der Waals surface area contributed by atoms with Crippen LogP contribution in [0.25, 0.3) is 65.9 Å². The fraction of sp³-hybridized carbons (Fsp3) is 0.0769. The number of allylic oxidation sites excluding steroid dienone is 1. The number of benzene rings is 8. The van der Waals surface area contributed by atoms with E-state index in [1.54, 1.807) is 0 Å². The van der Waals surface area contributed by atoms with Crippen molar-refractivity contribution in [3.63, 3.8) is 0 Å². The number of hydrogen-bond acceptors (Lipinski definition) is 1. The Morgan fingerprint density at radius 1 is 0.491 bits per heavy atom. The number of aliphatic imine (C=N–C) groups is 2. The Balaban J connectivity index is 1.24. The first-order valence-electron chi connectivity index (χ1n) is 19.1. The summed E-state index contributed by atoms with van der Waals surface area (Å²) in [5.74, 6) is 0.693. The largest absolute Gasteiger partial charge is 0.309 e. The molecule has 0 fully saturated rings. The van der Waals surface area contributed by atoms with Gasteiger partial charge in [-0.1, -0.05) is 165 Å². The first kappa shape index (κ1) is 34.0. The summed E-state index contributed by atoms with van der Waals surface area (Å²) in [7, 11) is 0. The molecule has 0 bridgehead atoms. The predicted molar refractivity (Wildman–Crippen MR) is 236 cm³/mol. The Morgan fingerprint density at radius 2 is 1.07 bits per heavy atom. The van der Waals surface area contributed by atoms with Crippen molar-refractivity contribution in [1.29, 1.82) is 0 Å². The zero-order chi connectivity index (χ0) is 37.3.